The van der Waals surface area contributed by atoms with Crippen LogP contribution in [0, 0.1) is 0 Å². The molecule has 0 radical (unpaired) electrons. The van der Waals surface area contributed by atoms with Crippen LogP contribution in [0.1, 0.15) is 31.2 Å². The molecular weight excluding hydrogens is 186 g/mol. The van der Waals surface area contributed by atoms with E-state index in [9.17, 15) is 0 Å². The molecule has 0 aliphatic heterocycles. The van der Waals surface area contributed by atoms with Gasteiger partial charge in [0.25, 0.3) is 0 Å². The van der Waals surface area contributed by atoms with Crippen molar-refractivity contribution in [2.45, 2.75) is 44.3 Å². The van der Waals surface area contributed by atoms with Crippen molar-refractivity contribution in [2.24, 2.45) is 5.73 Å². The molecule has 1 fully saturated rings. The van der Waals surface area contributed by atoms with Gasteiger partial charge in [-0.3, -0.25) is 4.98 Å². The molecule has 1 aromatic heterocycles. The summed E-state index contributed by atoms with van der Waals surface area (Å²) in [6.07, 6.45) is 8.66. The zero-order chi connectivity index (χ0) is 10.5. The Morgan fingerprint density at radius 3 is 3.00 bits per heavy atom. The van der Waals surface area contributed by atoms with Gasteiger partial charge in [0.15, 0.2) is 0 Å². The molecule has 3 nitrogen and oxygen atoms in total. The monoisotopic (exact) mass is 205 g/mol. The molecule has 82 valence electrons. The molecule has 3 N–H and O–H groups in total. The molecule has 2 atom stereocenters. The minimum absolute atomic E-state index is 0.329. The molecule has 15 heavy (non-hydrogen) atoms. The van der Waals surface area contributed by atoms with E-state index in [0.29, 0.717) is 12.1 Å². The number of pyridine rings is 1. The average molecular weight is 205 g/mol. The Balaban J connectivity index is 1.82. The summed E-state index contributed by atoms with van der Waals surface area (Å²) in [5.41, 5.74) is 7.30. The van der Waals surface area contributed by atoms with Crippen molar-refractivity contribution in [3.63, 3.8) is 0 Å². The molecule has 0 saturated heterocycles. The van der Waals surface area contributed by atoms with Crippen LogP contribution < -0.4 is 11.1 Å². The van der Waals surface area contributed by atoms with Gasteiger partial charge < -0.3 is 11.1 Å². The number of hydrogen-bond acceptors (Lipinski definition) is 3. The first-order valence-corrected chi connectivity index (χ1v) is 5.74. The van der Waals surface area contributed by atoms with E-state index in [2.05, 4.69) is 16.4 Å². The molecule has 1 heterocycles. The van der Waals surface area contributed by atoms with Gasteiger partial charge in [-0.05, 0) is 24.5 Å². The van der Waals surface area contributed by atoms with E-state index in [0.717, 1.165) is 13.0 Å². The summed E-state index contributed by atoms with van der Waals surface area (Å²) in [5.74, 6) is 0. The number of nitrogens with two attached hydrogens (primary N) is 1. The number of hydrogen-bond donors (Lipinski definition) is 2. The first kappa shape index (κ1) is 10.6. The normalized spacial score (nSPS) is 26.5. The third-order valence-corrected chi connectivity index (χ3v) is 3.11. The molecule has 1 aliphatic carbocycles. The maximum Gasteiger partial charge on any atom is 0.0312 e. The summed E-state index contributed by atoms with van der Waals surface area (Å²) in [7, 11) is 0. The Kier molecular flexibility index (Phi) is 3.69. The van der Waals surface area contributed by atoms with E-state index >= 15 is 0 Å². The van der Waals surface area contributed by atoms with Crippen molar-refractivity contribution < 1.29 is 0 Å². The minimum Gasteiger partial charge on any atom is -0.326 e. The van der Waals surface area contributed by atoms with Crippen LogP contribution in [-0.4, -0.2) is 17.1 Å². The lowest BCUT2D eigenvalue weighted by molar-refractivity contribution is 0.326. The lowest BCUT2D eigenvalue weighted by Crippen LogP contribution is -2.46. The number of nitrogens with zero attached hydrogens (tertiary/aromatic N) is 1. The van der Waals surface area contributed by atoms with Crippen LogP contribution in [0.4, 0.5) is 0 Å². The Bertz CT molecular complexity index is 286. The van der Waals surface area contributed by atoms with E-state index in [1.165, 1.54) is 24.8 Å². The first-order chi connectivity index (χ1) is 7.36. The van der Waals surface area contributed by atoms with Gasteiger partial charge >= 0.3 is 0 Å². The average Bonchev–Trinajstić information content (AvgIpc) is 2.29. The summed E-state index contributed by atoms with van der Waals surface area (Å²) in [4.78, 5) is 4.10. The zero-order valence-electron chi connectivity index (χ0n) is 9.02. The maximum atomic E-state index is 6.07. The first-order valence-electron chi connectivity index (χ1n) is 5.74. The maximum absolute atomic E-state index is 6.07. The van der Waals surface area contributed by atoms with Crippen LogP contribution in [-0.2, 0) is 6.54 Å². The summed E-state index contributed by atoms with van der Waals surface area (Å²) in [6.45, 7) is 0.881. The fourth-order valence-electron chi connectivity index (χ4n) is 2.16. The number of nitrogens with one attached hydrogen (secondary N) is 1. The smallest absolute Gasteiger partial charge is 0.0312 e. The van der Waals surface area contributed by atoms with Gasteiger partial charge in [-0.2, -0.15) is 0 Å². The summed E-state index contributed by atoms with van der Waals surface area (Å²) in [6, 6.07) is 4.88. The highest BCUT2D eigenvalue weighted by Crippen LogP contribution is 2.17. The second kappa shape index (κ2) is 5.24. The second-order valence-electron chi connectivity index (χ2n) is 4.30. The van der Waals surface area contributed by atoms with Gasteiger partial charge in [-0.15, -0.1) is 0 Å². The molecule has 1 saturated carbocycles. The topological polar surface area (TPSA) is 50.9 Å². The molecule has 1 aromatic rings. The van der Waals surface area contributed by atoms with E-state index in [-0.39, 0.29) is 0 Å². The van der Waals surface area contributed by atoms with Crippen LogP contribution in [0.2, 0.25) is 0 Å². The predicted octanol–water partition coefficient (Wildman–Crippen LogP) is 1.44. The molecule has 1 aliphatic rings. The van der Waals surface area contributed by atoms with Gasteiger partial charge in [0, 0.05) is 31.0 Å². The SMILES string of the molecule is N[C@@H]1CCCC[C@@H]1NCc1cccnc1. The van der Waals surface area contributed by atoms with Crippen molar-refractivity contribution in [3.8, 4) is 0 Å². The van der Waals surface area contributed by atoms with E-state index in [1.807, 2.05) is 12.3 Å². The summed E-state index contributed by atoms with van der Waals surface area (Å²) in [5, 5.41) is 3.52. The van der Waals surface area contributed by atoms with Crippen LogP contribution in [0.25, 0.3) is 0 Å². The highest BCUT2D eigenvalue weighted by Gasteiger charge is 2.20. The molecule has 0 bridgehead atoms. The lowest BCUT2D eigenvalue weighted by Gasteiger charge is -2.29. The van der Waals surface area contributed by atoms with Crippen LogP contribution in [0.3, 0.4) is 0 Å². The van der Waals surface area contributed by atoms with E-state index < -0.39 is 0 Å². The lowest BCUT2D eigenvalue weighted by atomic mass is 9.91. The van der Waals surface area contributed by atoms with Gasteiger partial charge in [0.05, 0.1) is 0 Å². The zero-order valence-corrected chi connectivity index (χ0v) is 9.02. The largest absolute Gasteiger partial charge is 0.326 e. The molecule has 2 rings (SSSR count). The Morgan fingerprint density at radius 2 is 2.27 bits per heavy atom. The van der Waals surface area contributed by atoms with Crippen molar-refractivity contribution in [1.82, 2.24) is 10.3 Å². The van der Waals surface area contributed by atoms with Crippen molar-refractivity contribution in [2.75, 3.05) is 0 Å². The Hall–Kier alpha value is -0.930. The number of aromatic nitrogens is 1. The third kappa shape index (κ3) is 3.01. The minimum atomic E-state index is 0.329. The van der Waals surface area contributed by atoms with Crippen LogP contribution in [0.15, 0.2) is 24.5 Å². The molecule has 3 heteroatoms. The summed E-state index contributed by atoms with van der Waals surface area (Å²) < 4.78 is 0. The summed E-state index contributed by atoms with van der Waals surface area (Å²) >= 11 is 0. The highest BCUT2D eigenvalue weighted by atomic mass is 15.0. The fourth-order valence-corrected chi connectivity index (χ4v) is 2.16. The van der Waals surface area contributed by atoms with Crippen molar-refractivity contribution in [3.05, 3.63) is 30.1 Å². The molecule has 0 spiro atoms. The Morgan fingerprint density at radius 1 is 1.40 bits per heavy atom. The Labute approximate surface area is 91.1 Å². The van der Waals surface area contributed by atoms with E-state index in [4.69, 9.17) is 5.73 Å². The van der Waals surface area contributed by atoms with Crippen LogP contribution in [0.5, 0.6) is 0 Å². The standard InChI is InChI=1S/C12H19N3/c13-11-5-1-2-6-12(11)15-9-10-4-3-7-14-8-10/h3-4,7-8,11-12,15H,1-2,5-6,9,13H2/t11-,12+/m1/s1. The van der Waals surface area contributed by atoms with Gasteiger partial charge in [-0.1, -0.05) is 18.9 Å². The number of rotatable bonds is 3. The van der Waals surface area contributed by atoms with Crippen molar-refractivity contribution in [1.29, 1.82) is 0 Å². The molecule has 0 unspecified atom stereocenters. The van der Waals surface area contributed by atoms with Gasteiger partial charge in [-0.25, -0.2) is 0 Å². The van der Waals surface area contributed by atoms with E-state index in [1.54, 1.807) is 6.20 Å². The van der Waals surface area contributed by atoms with Crippen LogP contribution >= 0.6 is 0 Å². The molecular formula is C12H19N3. The van der Waals surface area contributed by atoms with Gasteiger partial charge in [0.1, 0.15) is 0 Å². The van der Waals surface area contributed by atoms with Crippen molar-refractivity contribution >= 4 is 0 Å². The molecule has 0 amide bonds. The highest BCUT2D eigenvalue weighted by molar-refractivity contribution is 5.08. The predicted molar refractivity (Wildman–Crippen MR) is 61.3 cm³/mol. The quantitative estimate of drug-likeness (QED) is 0.785. The molecule has 0 aromatic carbocycles. The third-order valence-electron chi connectivity index (χ3n) is 3.11. The second-order valence-corrected chi connectivity index (χ2v) is 4.30. The fraction of sp³-hybridized carbons (Fsp3) is 0.583. The van der Waals surface area contributed by atoms with Gasteiger partial charge in [0.2, 0.25) is 0 Å².